The smallest absolute Gasteiger partial charge is 0.383 e. The standard InChI is InChI=1S/C21H29N4O2/c1-4-23(5-2)17-9-7-16(8-10-17)13-19-20(26)24(6-3)21(27-19)25-15-22-12-11-18(25)14-22/h7-10,13,18H,4-6,11-12,14-15H2,1-3H3/q+1/b19-13+. The second-order valence-corrected chi connectivity index (χ2v) is 7.34. The predicted octanol–water partition coefficient (Wildman–Crippen LogP) is 2.17. The topological polar surface area (TPSA) is 39.0 Å². The van der Waals surface area contributed by atoms with Crippen molar-refractivity contribution in [3.8, 4) is 0 Å². The van der Waals surface area contributed by atoms with Crippen LogP contribution in [0, 0.1) is 0 Å². The van der Waals surface area contributed by atoms with Gasteiger partial charge in [0.1, 0.15) is 12.7 Å². The van der Waals surface area contributed by atoms with Crippen LogP contribution in [0.1, 0.15) is 32.8 Å². The summed E-state index contributed by atoms with van der Waals surface area (Å²) in [5, 5.41) is 0. The first-order chi connectivity index (χ1) is 13.1. The molecule has 3 saturated heterocycles. The van der Waals surface area contributed by atoms with Crippen LogP contribution in [-0.2, 0) is 9.53 Å². The average Bonchev–Trinajstić information content (AvgIpc) is 3.39. The van der Waals surface area contributed by atoms with E-state index in [0.717, 1.165) is 44.8 Å². The van der Waals surface area contributed by atoms with Crippen LogP contribution in [0.3, 0.4) is 0 Å². The molecule has 0 aromatic heterocycles. The van der Waals surface area contributed by atoms with Gasteiger partial charge in [-0.3, -0.25) is 4.90 Å². The molecule has 6 nitrogen and oxygen atoms in total. The highest BCUT2D eigenvalue weighted by atomic mass is 16.5. The maximum atomic E-state index is 12.8. The Morgan fingerprint density at radius 1 is 1.22 bits per heavy atom. The second kappa shape index (κ2) is 7.35. The molecule has 3 heterocycles. The van der Waals surface area contributed by atoms with Crippen LogP contribution >= 0.6 is 0 Å². The van der Waals surface area contributed by atoms with Crippen LogP contribution in [0.4, 0.5) is 5.69 Å². The summed E-state index contributed by atoms with van der Waals surface area (Å²) < 4.78 is 8.33. The molecular weight excluding hydrogens is 340 g/mol. The number of carbonyl (C=O) groups excluding carboxylic acids is 1. The van der Waals surface area contributed by atoms with Gasteiger partial charge in [-0.2, -0.15) is 4.90 Å². The van der Waals surface area contributed by atoms with Gasteiger partial charge in [0.25, 0.3) is 0 Å². The Bertz CT molecular complexity index is 780. The minimum Gasteiger partial charge on any atom is -0.383 e. The lowest BCUT2D eigenvalue weighted by molar-refractivity contribution is -0.569. The molecule has 0 spiro atoms. The van der Waals surface area contributed by atoms with Crippen LogP contribution in [0.2, 0.25) is 0 Å². The molecule has 2 unspecified atom stereocenters. The van der Waals surface area contributed by atoms with Gasteiger partial charge in [0.2, 0.25) is 5.76 Å². The summed E-state index contributed by atoms with van der Waals surface area (Å²) in [5.41, 5.74) is 2.18. The number of amidine groups is 1. The largest absolute Gasteiger partial charge is 0.461 e. The Labute approximate surface area is 161 Å². The zero-order chi connectivity index (χ0) is 19.0. The number of rotatable bonds is 5. The molecule has 1 aromatic carbocycles. The molecule has 3 fully saturated rings. The van der Waals surface area contributed by atoms with Gasteiger partial charge in [0, 0.05) is 38.3 Å². The van der Waals surface area contributed by atoms with Gasteiger partial charge in [-0.1, -0.05) is 12.1 Å². The minimum absolute atomic E-state index is 0.0434. The molecule has 2 atom stereocenters. The van der Waals surface area contributed by atoms with Crippen molar-refractivity contribution in [3.63, 3.8) is 0 Å². The van der Waals surface area contributed by atoms with E-state index in [1.165, 1.54) is 5.69 Å². The number of ether oxygens (including phenoxy) is 1. The van der Waals surface area contributed by atoms with E-state index >= 15 is 0 Å². The van der Waals surface area contributed by atoms with Gasteiger partial charge in [0.15, 0.2) is 0 Å². The maximum Gasteiger partial charge on any atom is 0.461 e. The highest BCUT2D eigenvalue weighted by molar-refractivity contribution is 6.10. The molecular formula is C21H29N4O2+. The quantitative estimate of drug-likeness (QED) is 0.589. The zero-order valence-corrected chi connectivity index (χ0v) is 16.5. The molecule has 1 amide bonds. The van der Waals surface area contributed by atoms with E-state index in [1.807, 2.05) is 13.0 Å². The van der Waals surface area contributed by atoms with Gasteiger partial charge < -0.3 is 9.64 Å². The minimum atomic E-state index is -0.0434. The summed E-state index contributed by atoms with van der Waals surface area (Å²) in [6, 6.07) is 9.49. The molecule has 0 saturated carbocycles. The number of amides is 1. The monoisotopic (exact) mass is 369 g/mol. The first kappa shape index (κ1) is 18.0. The van der Waals surface area contributed by atoms with Crippen molar-refractivity contribution in [1.82, 2.24) is 9.80 Å². The highest BCUT2D eigenvalue weighted by Gasteiger charge is 2.48. The van der Waals surface area contributed by atoms with Crippen molar-refractivity contribution in [2.45, 2.75) is 33.2 Å². The molecule has 3 aliphatic heterocycles. The van der Waals surface area contributed by atoms with Gasteiger partial charge in [-0.15, -0.1) is 0 Å². The number of anilines is 1. The summed E-state index contributed by atoms with van der Waals surface area (Å²) >= 11 is 0. The number of hydrogen-bond donors (Lipinski definition) is 0. The Morgan fingerprint density at radius 3 is 2.52 bits per heavy atom. The normalized spacial score (nSPS) is 28.3. The van der Waals surface area contributed by atoms with E-state index in [0.29, 0.717) is 24.4 Å². The number of likely N-dealkylation sites (N-methyl/N-ethyl adjacent to an activating group) is 1. The van der Waals surface area contributed by atoms with E-state index in [4.69, 9.17) is 4.74 Å². The Hall–Kier alpha value is -2.34. The van der Waals surface area contributed by atoms with Gasteiger partial charge in [0.05, 0.1) is 6.54 Å². The van der Waals surface area contributed by atoms with Crippen LogP contribution < -0.4 is 4.90 Å². The third kappa shape index (κ3) is 3.23. The molecule has 0 radical (unpaired) electrons. The fourth-order valence-electron chi connectivity index (χ4n) is 4.26. The molecule has 0 aliphatic carbocycles. The highest BCUT2D eigenvalue weighted by Crippen LogP contribution is 2.26. The Morgan fingerprint density at radius 2 is 1.96 bits per heavy atom. The first-order valence-electron chi connectivity index (χ1n) is 10.1. The lowest BCUT2D eigenvalue weighted by atomic mass is 10.1. The summed E-state index contributed by atoms with van der Waals surface area (Å²) in [5.74, 6) is 0.373. The third-order valence-electron chi connectivity index (χ3n) is 5.81. The van der Waals surface area contributed by atoms with E-state index in [9.17, 15) is 4.79 Å². The fourth-order valence-corrected chi connectivity index (χ4v) is 4.26. The van der Waals surface area contributed by atoms with Crippen LogP contribution in [-0.4, -0.2) is 71.7 Å². The van der Waals surface area contributed by atoms with Crippen molar-refractivity contribution in [1.29, 1.82) is 0 Å². The Balaban J connectivity index is 1.59. The molecule has 1 aromatic rings. The number of nitrogens with zero attached hydrogens (tertiary/aromatic N) is 4. The molecule has 2 bridgehead atoms. The van der Waals surface area contributed by atoms with E-state index in [1.54, 1.807) is 4.90 Å². The molecule has 4 rings (SSSR count). The van der Waals surface area contributed by atoms with E-state index < -0.39 is 0 Å². The second-order valence-electron chi connectivity index (χ2n) is 7.34. The molecule has 6 heteroatoms. The maximum absolute atomic E-state index is 12.8. The zero-order valence-electron chi connectivity index (χ0n) is 16.5. The number of carbonyl (C=O) groups is 1. The van der Waals surface area contributed by atoms with Gasteiger partial charge in [-0.05, 0) is 44.5 Å². The molecule has 27 heavy (non-hydrogen) atoms. The SMILES string of the molecule is CCN1C(=O)/C(=C\c2ccc(N(CC)CC)cc2)O/C1=[N+]1\CN2CCC1C2. The summed E-state index contributed by atoms with van der Waals surface area (Å²) in [6.07, 6.45) is 3.00. The summed E-state index contributed by atoms with van der Waals surface area (Å²) in [7, 11) is 0. The van der Waals surface area contributed by atoms with Crippen LogP contribution in [0.15, 0.2) is 30.0 Å². The van der Waals surface area contributed by atoms with E-state index in [-0.39, 0.29) is 5.91 Å². The third-order valence-corrected chi connectivity index (χ3v) is 5.81. The fraction of sp³-hybridized carbons (Fsp3) is 0.524. The Kier molecular flexibility index (Phi) is 4.91. The van der Waals surface area contributed by atoms with Crippen LogP contribution in [0.25, 0.3) is 6.08 Å². The lowest BCUT2D eigenvalue weighted by Crippen LogP contribution is -2.41. The van der Waals surface area contributed by atoms with Gasteiger partial charge >= 0.3 is 11.9 Å². The number of hydrogen-bond acceptors (Lipinski definition) is 4. The molecule has 144 valence electrons. The van der Waals surface area contributed by atoms with Gasteiger partial charge in [-0.25, -0.2) is 9.37 Å². The number of fused-ring (bicyclic) bond motifs is 2. The van der Waals surface area contributed by atoms with E-state index in [2.05, 4.69) is 52.5 Å². The summed E-state index contributed by atoms with van der Waals surface area (Å²) in [6.45, 7) is 12.0. The van der Waals surface area contributed by atoms with Crippen molar-refractivity contribution in [2.24, 2.45) is 0 Å². The van der Waals surface area contributed by atoms with Crippen molar-refractivity contribution in [2.75, 3.05) is 44.3 Å². The first-order valence-corrected chi connectivity index (χ1v) is 10.1. The van der Waals surface area contributed by atoms with Crippen molar-refractivity contribution >= 4 is 23.7 Å². The van der Waals surface area contributed by atoms with Crippen molar-refractivity contribution in [3.05, 3.63) is 35.6 Å². The molecule has 3 aliphatic rings. The predicted molar refractivity (Wildman–Crippen MR) is 107 cm³/mol. The summed E-state index contributed by atoms with van der Waals surface area (Å²) in [4.78, 5) is 19.3. The van der Waals surface area contributed by atoms with Crippen molar-refractivity contribution < 1.29 is 14.1 Å². The molecule has 0 N–H and O–H groups in total. The average molecular weight is 369 g/mol. The lowest BCUT2D eigenvalue weighted by Gasteiger charge is -2.20. The van der Waals surface area contributed by atoms with Crippen LogP contribution in [0.5, 0.6) is 0 Å². The number of benzene rings is 1.